The number of alkyl carbamates (subject to hydrolysis) is 1. The number of hydrogen-bond donors (Lipinski definition) is 2. The van der Waals surface area contributed by atoms with Gasteiger partial charge in [0, 0.05) is 31.2 Å². The molecule has 4 heterocycles. The Morgan fingerprint density at radius 3 is 2.56 bits per heavy atom. The van der Waals surface area contributed by atoms with Crippen molar-refractivity contribution in [2.24, 2.45) is 5.92 Å². The second kappa shape index (κ2) is 11.1. The molecule has 6 atom stereocenters. The van der Waals surface area contributed by atoms with Crippen LogP contribution in [-0.2, 0) is 14.3 Å². The number of carbonyl (C=O) groups excluding carboxylic acids is 3. The molecule has 0 spiro atoms. The highest BCUT2D eigenvalue weighted by Crippen LogP contribution is 2.38. The van der Waals surface area contributed by atoms with Crippen LogP contribution in [0.2, 0.25) is 0 Å². The zero-order valence-corrected chi connectivity index (χ0v) is 24.1. The fourth-order valence-corrected chi connectivity index (χ4v) is 6.24. The summed E-state index contributed by atoms with van der Waals surface area (Å²) in [4.78, 5) is 45.5. The Hall–Kier alpha value is -4.05. The minimum Gasteiger partial charge on any atom is -0.444 e. The van der Waals surface area contributed by atoms with Crippen LogP contribution < -0.4 is 5.32 Å². The number of ether oxygens (including phenoxy) is 1. The minimum absolute atomic E-state index is 0.00385. The Morgan fingerprint density at radius 1 is 1.22 bits per heavy atom. The lowest BCUT2D eigenvalue weighted by molar-refractivity contribution is -0.141. The van der Waals surface area contributed by atoms with E-state index in [4.69, 9.17) is 4.74 Å². The maximum atomic E-state index is 13.7. The molecule has 5 rings (SSSR count). The number of tetrazole rings is 1. The summed E-state index contributed by atoms with van der Waals surface area (Å²) in [5, 5.41) is 26.4. The quantitative estimate of drug-likeness (QED) is 0.512. The Kier molecular flexibility index (Phi) is 7.70. The molecule has 2 aromatic rings. The van der Waals surface area contributed by atoms with Crippen molar-refractivity contribution >= 4 is 17.9 Å². The second-order valence-corrected chi connectivity index (χ2v) is 12.3. The van der Waals surface area contributed by atoms with Crippen LogP contribution in [0, 0.1) is 17.2 Å². The molecule has 5 unspecified atom stereocenters. The lowest BCUT2D eigenvalue weighted by atomic mass is 10.0. The lowest BCUT2D eigenvalue weighted by Gasteiger charge is -2.39. The number of H-pyrrole nitrogens is 1. The largest absolute Gasteiger partial charge is 0.444 e. The first-order chi connectivity index (χ1) is 19.4. The molecule has 13 nitrogen and oxygen atoms in total. The van der Waals surface area contributed by atoms with Crippen LogP contribution in [0.1, 0.15) is 59.1 Å². The molecule has 1 aromatic carbocycles. The number of aromatic nitrogens is 4. The number of benzene rings is 1. The third kappa shape index (κ3) is 5.88. The van der Waals surface area contributed by atoms with Crippen LogP contribution in [0.25, 0.3) is 11.4 Å². The first kappa shape index (κ1) is 28.5. The highest BCUT2D eigenvalue weighted by molar-refractivity contribution is 5.88. The summed E-state index contributed by atoms with van der Waals surface area (Å²) < 4.78 is 5.44. The minimum atomic E-state index is -0.943. The van der Waals surface area contributed by atoms with E-state index in [1.165, 1.54) is 0 Å². The molecule has 218 valence electrons. The monoisotopic (exact) mass is 563 g/mol. The first-order valence-corrected chi connectivity index (χ1v) is 14.0. The van der Waals surface area contributed by atoms with Gasteiger partial charge < -0.3 is 19.9 Å². The predicted molar refractivity (Wildman–Crippen MR) is 147 cm³/mol. The molecule has 13 heteroatoms. The molecule has 2 N–H and O–H groups in total. The van der Waals surface area contributed by atoms with Gasteiger partial charge in [-0.05, 0) is 57.2 Å². The number of nitrogens with zero attached hydrogens (tertiary/aromatic N) is 7. The number of carbonyl (C=O) groups is 3. The smallest absolute Gasteiger partial charge is 0.408 e. The molecule has 3 amide bonds. The van der Waals surface area contributed by atoms with Crippen molar-refractivity contribution in [1.29, 1.82) is 5.26 Å². The van der Waals surface area contributed by atoms with Crippen molar-refractivity contribution in [1.82, 2.24) is 40.6 Å². The fraction of sp³-hybridized carbons (Fsp3) is 0.607. The summed E-state index contributed by atoms with van der Waals surface area (Å²) >= 11 is 0. The molecule has 1 aromatic heterocycles. The fourth-order valence-electron chi connectivity index (χ4n) is 6.24. The maximum absolute atomic E-state index is 13.7. The Morgan fingerprint density at radius 2 is 1.95 bits per heavy atom. The number of likely N-dealkylation sites (tertiary alicyclic amines) is 3. The van der Waals surface area contributed by atoms with Crippen molar-refractivity contribution in [3.63, 3.8) is 0 Å². The Bertz CT molecular complexity index is 1320. The molecule has 3 saturated heterocycles. The van der Waals surface area contributed by atoms with E-state index in [0.717, 1.165) is 11.1 Å². The molecular formula is C28H37N9O4. The summed E-state index contributed by atoms with van der Waals surface area (Å²) in [6, 6.07) is 7.95. The van der Waals surface area contributed by atoms with E-state index in [9.17, 15) is 19.6 Å². The summed E-state index contributed by atoms with van der Waals surface area (Å²) in [6.45, 7) is 10.5. The SMILES string of the molecule is CC1CC(C#N)N(C(=O)C(CN2C[C@@H]3CC2C(=O)N3C(C)c2ccc(-c3nn[nH]n3)cc2)NC(=O)OC(C)(C)C)C1. The van der Waals surface area contributed by atoms with E-state index >= 15 is 0 Å². The Labute approximate surface area is 239 Å². The van der Waals surface area contributed by atoms with Gasteiger partial charge in [0.2, 0.25) is 17.6 Å². The van der Waals surface area contributed by atoms with Crippen LogP contribution in [-0.4, -0.2) is 103 Å². The van der Waals surface area contributed by atoms with Crippen molar-refractivity contribution < 1.29 is 19.1 Å². The number of hydrogen-bond acceptors (Lipinski definition) is 9. The van der Waals surface area contributed by atoms with Crippen LogP contribution in [0.15, 0.2) is 24.3 Å². The van der Waals surface area contributed by atoms with Crippen LogP contribution in [0.3, 0.4) is 0 Å². The number of nitriles is 1. The maximum Gasteiger partial charge on any atom is 0.408 e. The van der Waals surface area contributed by atoms with E-state index in [2.05, 4.69) is 32.0 Å². The van der Waals surface area contributed by atoms with E-state index in [1.54, 1.807) is 25.7 Å². The van der Waals surface area contributed by atoms with Crippen molar-refractivity contribution in [3.8, 4) is 17.5 Å². The van der Waals surface area contributed by atoms with E-state index in [1.807, 2.05) is 47.9 Å². The molecule has 3 aliphatic heterocycles. The molecule has 3 fully saturated rings. The van der Waals surface area contributed by atoms with Crippen LogP contribution in [0.5, 0.6) is 0 Å². The van der Waals surface area contributed by atoms with Crippen LogP contribution in [0.4, 0.5) is 4.79 Å². The normalized spacial score (nSPS) is 25.7. The van der Waals surface area contributed by atoms with Crippen molar-refractivity contribution in [3.05, 3.63) is 29.8 Å². The number of aromatic amines is 1. The molecule has 0 saturated carbocycles. The van der Waals surface area contributed by atoms with E-state index < -0.39 is 23.8 Å². The summed E-state index contributed by atoms with van der Waals surface area (Å²) in [5.74, 6) is 0.370. The van der Waals surface area contributed by atoms with Gasteiger partial charge in [-0.15, -0.1) is 10.2 Å². The summed E-state index contributed by atoms with van der Waals surface area (Å²) in [7, 11) is 0. The highest BCUT2D eigenvalue weighted by atomic mass is 16.6. The standard InChI is InChI=1S/C28H37N9O4/c1-16-10-20(12-29)36(13-16)25(38)22(30-27(40)41-28(3,4)5)15-35-14-21-11-23(35)26(39)37(21)17(2)18-6-8-19(9-7-18)24-31-33-34-32-24/h6-9,16-17,20-23H,10-11,13-15H2,1-5H3,(H,30,40)(H,31,32,33,34)/t16?,17?,20?,21-,22?,23?/m0/s1. The van der Waals surface area contributed by atoms with E-state index in [-0.39, 0.29) is 42.4 Å². The molecule has 3 aliphatic rings. The van der Waals surface area contributed by atoms with Gasteiger partial charge in [0.1, 0.15) is 17.7 Å². The second-order valence-electron chi connectivity index (χ2n) is 12.3. The third-order valence-electron chi connectivity index (χ3n) is 8.08. The molecular weight excluding hydrogens is 526 g/mol. The average Bonchev–Trinajstić information content (AvgIpc) is 3.71. The highest BCUT2D eigenvalue weighted by Gasteiger charge is 2.52. The first-order valence-electron chi connectivity index (χ1n) is 14.0. The molecule has 0 aliphatic carbocycles. The zero-order valence-electron chi connectivity index (χ0n) is 24.1. The number of amides is 3. The van der Waals surface area contributed by atoms with Crippen LogP contribution >= 0.6 is 0 Å². The third-order valence-corrected chi connectivity index (χ3v) is 8.08. The summed E-state index contributed by atoms with van der Waals surface area (Å²) in [6.07, 6.45) is 0.544. The van der Waals surface area contributed by atoms with Crippen molar-refractivity contribution in [2.75, 3.05) is 19.6 Å². The van der Waals surface area contributed by atoms with Gasteiger partial charge in [-0.25, -0.2) is 4.79 Å². The van der Waals surface area contributed by atoms with Crippen molar-refractivity contribution in [2.45, 2.75) is 83.3 Å². The zero-order chi connectivity index (χ0) is 29.5. The lowest BCUT2D eigenvalue weighted by Crippen LogP contribution is -2.59. The number of rotatable bonds is 7. The van der Waals surface area contributed by atoms with Gasteiger partial charge in [-0.3, -0.25) is 14.5 Å². The average molecular weight is 564 g/mol. The van der Waals surface area contributed by atoms with Gasteiger partial charge in [0.05, 0.1) is 18.2 Å². The van der Waals surface area contributed by atoms with Gasteiger partial charge >= 0.3 is 6.09 Å². The van der Waals surface area contributed by atoms with E-state index in [0.29, 0.717) is 31.8 Å². The number of piperazine rings is 1. The molecule has 41 heavy (non-hydrogen) atoms. The predicted octanol–water partition coefficient (Wildman–Crippen LogP) is 1.87. The number of fused-ring (bicyclic) bond motifs is 2. The van der Waals surface area contributed by atoms with Gasteiger partial charge in [-0.2, -0.15) is 10.5 Å². The van der Waals surface area contributed by atoms with Gasteiger partial charge in [0.15, 0.2) is 0 Å². The van der Waals surface area contributed by atoms with Gasteiger partial charge in [-0.1, -0.05) is 31.2 Å². The number of nitrogens with one attached hydrogen (secondary N) is 2. The summed E-state index contributed by atoms with van der Waals surface area (Å²) in [5.41, 5.74) is 1.09. The van der Waals surface area contributed by atoms with Gasteiger partial charge in [0.25, 0.3) is 0 Å². The Balaban J connectivity index is 1.28. The molecule has 2 bridgehead atoms. The topological polar surface area (TPSA) is 160 Å². The molecule has 0 radical (unpaired) electrons.